The summed E-state index contributed by atoms with van der Waals surface area (Å²) in [6.07, 6.45) is 1.25. The molecule has 0 N–H and O–H groups in total. The van der Waals surface area contributed by atoms with Gasteiger partial charge in [0.05, 0.1) is 19.1 Å². The number of pyridine rings is 1. The van der Waals surface area contributed by atoms with E-state index in [9.17, 15) is 23.0 Å². The monoisotopic (exact) mass is 601 g/mol. The van der Waals surface area contributed by atoms with Gasteiger partial charge in [0.25, 0.3) is 5.56 Å². The van der Waals surface area contributed by atoms with Gasteiger partial charge in [0.1, 0.15) is 11.4 Å². The van der Waals surface area contributed by atoms with E-state index < -0.39 is 56.0 Å². The molecule has 0 spiro atoms. The van der Waals surface area contributed by atoms with Gasteiger partial charge in [0.15, 0.2) is 17.3 Å². The maximum Gasteiger partial charge on any atom is 0.306 e. The first-order valence-electron chi connectivity index (χ1n) is 13.4. The van der Waals surface area contributed by atoms with Crippen molar-refractivity contribution >= 4 is 22.6 Å². The van der Waals surface area contributed by atoms with E-state index in [0.29, 0.717) is 11.1 Å². The maximum atomic E-state index is 15.9. The highest BCUT2D eigenvalue weighted by Crippen LogP contribution is 2.38. The fourth-order valence-corrected chi connectivity index (χ4v) is 5.55. The minimum absolute atomic E-state index is 0.00277. The Kier molecular flexibility index (Phi) is 9.92. The van der Waals surface area contributed by atoms with E-state index in [1.807, 2.05) is 0 Å². The van der Waals surface area contributed by atoms with E-state index in [-0.39, 0.29) is 34.6 Å². The van der Waals surface area contributed by atoms with Gasteiger partial charge in [0, 0.05) is 57.7 Å². The number of esters is 1. The first-order chi connectivity index (χ1) is 19.4. The third-order valence-electron chi connectivity index (χ3n) is 6.52. The van der Waals surface area contributed by atoms with Crippen LogP contribution in [0.15, 0.2) is 53.5 Å². The molecule has 2 aromatic carbocycles. The number of rotatable bonds is 9. The lowest BCUT2D eigenvalue weighted by molar-refractivity contribution is -0.155. The summed E-state index contributed by atoms with van der Waals surface area (Å²) in [7, 11) is 1.32. The van der Waals surface area contributed by atoms with Crippen molar-refractivity contribution in [1.29, 1.82) is 0 Å². The molecule has 0 aliphatic rings. The number of hydrogen-bond acceptors (Lipinski definition) is 6. The lowest BCUT2D eigenvalue weighted by Crippen LogP contribution is -2.30. The third-order valence-corrected chi connectivity index (χ3v) is 8.59. The standard InChI is InChI=1S/C32H37F2NO6S/c1-31(2,3)41-27(37)15-20(18-42(39)32(4,5)6)23-16-26(36)35(7)17-24(23)22-13-14-25(40-8)29(34)28(22)30(38)19-9-11-21(33)12-10-19/h9-14,16-17,20H,15,18H2,1-8H3/t20-,42-/m1/s1. The van der Waals surface area contributed by atoms with Crippen LogP contribution in [-0.2, 0) is 27.4 Å². The predicted molar refractivity (Wildman–Crippen MR) is 159 cm³/mol. The Hall–Kier alpha value is -3.66. The topological polar surface area (TPSA) is 91.7 Å². The smallest absolute Gasteiger partial charge is 0.306 e. The molecule has 0 radical (unpaired) electrons. The van der Waals surface area contributed by atoms with Gasteiger partial charge >= 0.3 is 5.97 Å². The second-order valence-electron chi connectivity index (χ2n) is 12.0. The normalized spacial score (nSPS) is 13.4. The number of ketones is 1. The Morgan fingerprint density at radius 2 is 1.60 bits per heavy atom. The van der Waals surface area contributed by atoms with Crippen LogP contribution in [0.2, 0.25) is 0 Å². The number of carbonyl (C=O) groups is 2. The second-order valence-corrected chi connectivity index (χ2v) is 14.3. The summed E-state index contributed by atoms with van der Waals surface area (Å²) in [6, 6.07) is 8.87. The number of aromatic nitrogens is 1. The molecule has 42 heavy (non-hydrogen) atoms. The molecule has 10 heteroatoms. The summed E-state index contributed by atoms with van der Waals surface area (Å²) in [4.78, 5) is 39.7. The minimum Gasteiger partial charge on any atom is -0.494 e. The molecular formula is C32H37F2NO6S. The summed E-state index contributed by atoms with van der Waals surface area (Å²) in [6.45, 7) is 10.6. The average molecular weight is 602 g/mol. The molecule has 0 saturated carbocycles. The molecule has 3 rings (SSSR count). The number of aryl methyl sites for hydroxylation is 1. The van der Waals surface area contributed by atoms with Gasteiger partial charge in [-0.15, -0.1) is 0 Å². The van der Waals surface area contributed by atoms with Crippen molar-refractivity contribution in [2.24, 2.45) is 7.05 Å². The van der Waals surface area contributed by atoms with Crippen molar-refractivity contribution in [1.82, 2.24) is 4.57 Å². The zero-order chi connectivity index (χ0) is 31.6. The van der Waals surface area contributed by atoms with Crippen LogP contribution in [0.25, 0.3) is 11.1 Å². The first-order valence-corrected chi connectivity index (χ1v) is 14.7. The van der Waals surface area contributed by atoms with Gasteiger partial charge in [-0.2, -0.15) is 0 Å². The van der Waals surface area contributed by atoms with Crippen molar-refractivity contribution in [3.63, 3.8) is 0 Å². The van der Waals surface area contributed by atoms with Gasteiger partial charge < -0.3 is 14.0 Å². The lowest BCUT2D eigenvalue weighted by Gasteiger charge is -2.27. The molecule has 1 heterocycles. The minimum atomic E-state index is -1.45. The van der Waals surface area contributed by atoms with Crippen LogP contribution in [0.5, 0.6) is 5.75 Å². The van der Waals surface area contributed by atoms with E-state index in [2.05, 4.69) is 0 Å². The molecule has 0 amide bonds. The summed E-state index contributed by atoms with van der Waals surface area (Å²) in [5.74, 6) is -3.75. The van der Waals surface area contributed by atoms with E-state index in [4.69, 9.17) is 9.47 Å². The highest BCUT2D eigenvalue weighted by molar-refractivity contribution is 7.86. The molecule has 3 aromatic rings. The highest BCUT2D eigenvalue weighted by atomic mass is 32.2. The first kappa shape index (κ1) is 32.8. The Bertz CT molecular complexity index is 1570. The summed E-state index contributed by atoms with van der Waals surface area (Å²) in [5, 5.41) is 0. The number of hydrogen-bond donors (Lipinski definition) is 0. The van der Waals surface area contributed by atoms with Gasteiger partial charge in [-0.1, -0.05) is 0 Å². The number of benzene rings is 2. The van der Waals surface area contributed by atoms with E-state index >= 15 is 4.39 Å². The molecule has 226 valence electrons. The van der Waals surface area contributed by atoms with Crippen LogP contribution >= 0.6 is 0 Å². The fraction of sp³-hybridized carbons (Fsp3) is 0.406. The molecule has 0 aliphatic carbocycles. The second kappa shape index (κ2) is 12.7. The molecule has 0 aliphatic heterocycles. The van der Waals surface area contributed by atoms with Crippen molar-refractivity contribution in [2.75, 3.05) is 12.9 Å². The molecule has 7 nitrogen and oxygen atoms in total. The lowest BCUT2D eigenvalue weighted by atomic mass is 9.86. The third kappa shape index (κ3) is 7.79. The Labute approximate surface area is 247 Å². The van der Waals surface area contributed by atoms with Crippen molar-refractivity contribution in [3.05, 3.63) is 87.3 Å². The summed E-state index contributed by atoms with van der Waals surface area (Å²) < 4.78 is 54.2. The number of methoxy groups -OCH3 is 1. The van der Waals surface area contributed by atoms with E-state index in [0.717, 1.165) is 12.1 Å². The largest absolute Gasteiger partial charge is 0.494 e. The van der Waals surface area contributed by atoms with Crippen LogP contribution in [0.3, 0.4) is 0 Å². The Morgan fingerprint density at radius 1 is 0.976 bits per heavy atom. The molecule has 2 atom stereocenters. The van der Waals surface area contributed by atoms with E-state index in [1.165, 1.54) is 55.3 Å². The molecule has 0 bridgehead atoms. The number of nitrogens with zero attached hydrogens (tertiary/aromatic N) is 1. The van der Waals surface area contributed by atoms with Crippen molar-refractivity contribution < 1.29 is 32.1 Å². The fourth-order valence-electron chi connectivity index (χ4n) is 4.39. The van der Waals surface area contributed by atoms with E-state index in [1.54, 1.807) is 41.5 Å². The maximum absolute atomic E-state index is 15.9. The highest BCUT2D eigenvalue weighted by Gasteiger charge is 2.32. The van der Waals surface area contributed by atoms with Crippen LogP contribution in [0.4, 0.5) is 8.78 Å². The van der Waals surface area contributed by atoms with Crippen LogP contribution in [-0.4, -0.2) is 43.7 Å². The SMILES string of the molecule is COc1ccc(-c2cn(C)c(=O)cc2[C@H](CC(=O)OC(C)(C)C)C[S@@](=O)C(C)(C)C)c(C(=O)c2ccc(F)cc2)c1F. The number of carbonyl (C=O) groups excluding carboxylic acids is 2. The van der Waals surface area contributed by atoms with Crippen LogP contribution in [0.1, 0.15) is 75.4 Å². The summed E-state index contributed by atoms with van der Waals surface area (Å²) >= 11 is 0. The zero-order valence-electron chi connectivity index (χ0n) is 25.2. The molecule has 0 unspecified atom stereocenters. The average Bonchev–Trinajstić information content (AvgIpc) is 2.87. The molecular weight excluding hydrogens is 564 g/mol. The summed E-state index contributed by atoms with van der Waals surface area (Å²) in [5.41, 5.74) is -0.769. The number of ether oxygens (including phenoxy) is 2. The predicted octanol–water partition coefficient (Wildman–Crippen LogP) is 5.93. The van der Waals surface area contributed by atoms with Gasteiger partial charge in [0.2, 0.25) is 0 Å². The van der Waals surface area contributed by atoms with Gasteiger partial charge in [-0.3, -0.25) is 18.6 Å². The number of halogens is 2. The van der Waals surface area contributed by atoms with Crippen LogP contribution < -0.4 is 10.3 Å². The molecule has 1 aromatic heterocycles. The van der Waals surface area contributed by atoms with Gasteiger partial charge in [-0.25, -0.2) is 8.78 Å². The van der Waals surface area contributed by atoms with Crippen molar-refractivity contribution in [2.45, 2.75) is 64.2 Å². The molecule has 0 fully saturated rings. The quantitative estimate of drug-likeness (QED) is 0.223. The Balaban J connectivity index is 2.32. The molecule has 0 saturated heterocycles. The Morgan fingerprint density at radius 3 is 2.14 bits per heavy atom. The van der Waals surface area contributed by atoms with Crippen LogP contribution in [0, 0.1) is 11.6 Å². The van der Waals surface area contributed by atoms with Crippen molar-refractivity contribution in [3.8, 4) is 16.9 Å². The zero-order valence-corrected chi connectivity index (χ0v) is 26.0. The van der Waals surface area contributed by atoms with Gasteiger partial charge in [-0.05, 0) is 89.1 Å².